The van der Waals surface area contributed by atoms with Crippen molar-refractivity contribution in [3.63, 3.8) is 0 Å². The van der Waals surface area contributed by atoms with Gasteiger partial charge >= 0.3 is 0 Å². The van der Waals surface area contributed by atoms with Crippen LogP contribution in [0.15, 0.2) is 58.2 Å². The van der Waals surface area contributed by atoms with E-state index in [1.165, 1.54) is 23.1 Å². The van der Waals surface area contributed by atoms with Crippen LogP contribution in [-0.4, -0.2) is 49.6 Å². The Bertz CT molecular complexity index is 1340. The largest absolute Gasteiger partial charge is 0.497 e. The number of hydrogen-bond donors (Lipinski definition) is 2. The van der Waals surface area contributed by atoms with Gasteiger partial charge in [0.1, 0.15) is 10.8 Å². The van der Waals surface area contributed by atoms with Gasteiger partial charge in [-0.2, -0.15) is 0 Å². The second-order valence-electron chi connectivity index (χ2n) is 7.09. The Balaban J connectivity index is 1.50. The zero-order chi connectivity index (χ0) is 24.8. The second kappa shape index (κ2) is 11.4. The number of rotatable bonds is 9. The number of amides is 2. The van der Waals surface area contributed by atoms with Gasteiger partial charge in [0.05, 0.1) is 19.4 Å². The molecular weight excluding hydrogens is 554 g/mol. The summed E-state index contributed by atoms with van der Waals surface area (Å²) in [5.74, 6) is 0.714. The van der Waals surface area contributed by atoms with Crippen LogP contribution in [0.5, 0.6) is 5.75 Å². The van der Waals surface area contributed by atoms with E-state index in [2.05, 4.69) is 47.0 Å². The molecule has 180 valence electrons. The molecule has 4 rings (SSSR count). The Labute approximate surface area is 217 Å². The molecule has 0 aliphatic carbocycles. The first-order valence-electron chi connectivity index (χ1n) is 10.3. The molecule has 2 amide bonds. The van der Waals surface area contributed by atoms with Gasteiger partial charge in [0.25, 0.3) is 5.91 Å². The number of nitrogens with one attached hydrogen (secondary N) is 2. The third kappa shape index (κ3) is 6.44. The van der Waals surface area contributed by atoms with E-state index in [1.807, 2.05) is 35.8 Å². The molecule has 2 aromatic heterocycles. The van der Waals surface area contributed by atoms with E-state index < -0.39 is 0 Å². The molecule has 0 unspecified atom stereocenters. The number of carbonyl (C=O) groups excluding carboxylic acids is 2. The predicted molar refractivity (Wildman–Crippen MR) is 137 cm³/mol. The van der Waals surface area contributed by atoms with Crippen molar-refractivity contribution in [3.8, 4) is 11.4 Å². The number of anilines is 1. The summed E-state index contributed by atoms with van der Waals surface area (Å²) in [5, 5.41) is 23.7. The van der Waals surface area contributed by atoms with Gasteiger partial charge < -0.3 is 10.1 Å². The standard InChI is InChI=1S/C22H20BrN7O3S2/c1-13-26-28-21(35-13)25-19(31)12-34-22-29-27-18(30(22)16-8-6-15(23)7-9-16)11-24-20(32)14-4-3-5-17(10-14)33-2/h3-10H,11-12H2,1-2H3,(H,24,32)(H,25,28,31). The molecule has 2 heterocycles. The Kier molecular flexibility index (Phi) is 8.10. The van der Waals surface area contributed by atoms with Gasteiger partial charge in [-0.05, 0) is 49.4 Å². The van der Waals surface area contributed by atoms with Gasteiger partial charge in [-0.25, -0.2) is 0 Å². The number of ether oxygens (including phenoxy) is 1. The zero-order valence-electron chi connectivity index (χ0n) is 18.7. The lowest BCUT2D eigenvalue weighted by Gasteiger charge is -2.11. The Morgan fingerprint density at radius 3 is 2.63 bits per heavy atom. The SMILES string of the molecule is COc1cccc(C(=O)NCc2nnc(SCC(=O)Nc3nnc(C)s3)n2-c2ccc(Br)cc2)c1. The number of carbonyl (C=O) groups is 2. The van der Waals surface area contributed by atoms with E-state index in [0.717, 1.165) is 15.2 Å². The highest BCUT2D eigenvalue weighted by atomic mass is 79.9. The molecule has 0 bridgehead atoms. The molecule has 0 spiro atoms. The summed E-state index contributed by atoms with van der Waals surface area (Å²) in [6.07, 6.45) is 0. The van der Waals surface area contributed by atoms with Gasteiger partial charge in [-0.1, -0.05) is 45.1 Å². The number of hydrogen-bond acceptors (Lipinski definition) is 9. The fourth-order valence-corrected chi connectivity index (χ4v) is 4.66. The number of halogens is 1. The molecule has 2 aromatic carbocycles. The molecule has 35 heavy (non-hydrogen) atoms. The van der Waals surface area contributed by atoms with Gasteiger partial charge in [-0.15, -0.1) is 20.4 Å². The average molecular weight is 574 g/mol. The maximum atomic E-state index is 12.7. The van der Waals surface area contributed by atoms with Crippen molar-refractivity contribution in [1.82, 2.24) is 30.3 Å². The molecule has 4 aromatic rings. The van der Waals surface area contributed by atoms with Crippen LogP contribution in [0.25, 0.3) is 5.69 Å². The molecule has 0 saturated carbocycles. The van der Waals surface area contributed by atoms with Crippen molar-refractivity contribution >= 4 is 56.0 Å². The van der Waals surface area contributed by atoms with Crippen molar-refractivity contribution < 1.29 is 14.3 Å². The topological polar surface area (TPSA) is 124 Å². The number of thioether (sulfide) groups is 1. The fraction of sp³-hybridized carbons (Fsp3) is 0.182. The van der Waals surface area contributed by atoms with Crippen molar-refractivity contribution in [1.29, 1.82) is 0 Å². The van der Waals surface area contributed by atoms with Crippen LogP contribution >= 0.6 is 39.0 Å². The fourth-order valence-electron chi connectivity index (χ4n) is 3.02. The molecule has 10 nitrogen and oxygen atoms in total. The molecular formula is C22H20BrN7O3S2. The summed E-state index contributed by atoms with van der Waals surface area (Å²) in [6, 6.07) is 14.5. The summed E-state index contributed by atoms with van der Waals surface area (Å²) < 4.78 is 7.92. The first-order chi connectivity index (χ1) is 16.9. The summed E-state index contributed by atoms with van der Waals surface area (Å²) >= 11 is 5.97. The molecule has 2 N–H and O–H groups in total. The van der Waals surface area contributed by atoms with Crippen LogP contribution in [-0.2, 0) is 11.3 Å². The smallest absolute Gasteiger partial charge is 0.251 e. The van der Waals surface area contributed by atoms with Crippen molar-refractivity contribution in [3.05, 3.63) is 69.4 Å². The average Bonchev–Trinajstić information content (AvgIpc) is 3.47. The number of aromatic nitrogens is 5. The second-order valence-corrected chi connectivity index (χ2v) is 10.1. The quantitative estimate of drug-likeness (QED) is 0.289. The molecule has 0 fully saturated rings. The number of nitrogens with zero attached hydrogens (tertiary/aromatic N) is 5. The molecule has 0 aliphatic heterocycles. The molecule has 0 atom stereocenters. The molecule has 0 radical (unpaired) electrons. The van der Waals surface area contributed by atoms with E-state index in [-0.39, 0.29) is 24.1 Å². The predicted octanol–water partition coefficient (Wildman–Crippen LogP) is 3.86. The minimum Gasteiger partial charge on any atom is -0.497 e. The van der Waals surface area contributed by atoms with E-state index >= 15 is 0 Å². The molecule has 13 heteroatoms. The van der Waals surface area contributed by atoms with Crippen molar-refractivity contribution in [2.75, 3.05) is 18.2 Å². The highest BCUT2D eigenvalue weighted by Crippen LogP contribution is 2.24. The van der Waals surface area contributed by atoms with E-state index in [1.54, 1.807) is 31.4 Å². The highest BCUT2D eigenvalue weighted by molar-refractivity contribution is 9.10. The van der Waals surface area contributed by atoms with Crippen molar-refractivity contribution in [2.24, 2.45) is 0 Å². The van der Waals surface area contributed by atoms with Crippen LogP contribution in [0.4, 0.5) is 5.13 Å². The monoisotopic (exact) mass is 573 g/mol. The lowest BCUT2D eigenvalue weighted by molar-refractivity contribution is -0.113. The van der Waals surface area contributed by atoms with E-state index in [9.17, 15) is 9.59 Å². The number of aryl methyl sites for hydroxylation is 1. The van der Waals surface area contributed by atoms with Crippen LogP contribution in [0.1, 0.15) is 21.2 Å². The van der Waals surface area contributed by atoms with Crippen LogP contribution in [0.3, 0.4) is 0 Å². The summed E-state index contributed by atoms with van der Waals surface area (Å²) in [7, 11) is 1.55. The molecule has 0 aliphatic rings. The summed E-state index contributed by atoms with van der Waals surface area (Å²) in [4.78, 5) is 25.1. The minimum atomic E-state index is -0.268. The summed E-state index contributed by atoms with van der Waals surface area (Å²) in [5.41, 5.74) is 1.27. The first kappa shape index (κ1) is 24.8. The van der Waals surface area contributed by atoms with E-state index in [0.29, 0.717) is 27.4 Å². The summed E-state index contributed by atoms with van der Waals surface area (Å²) in [6.45, 7) is 1.95. The zero-order valence-corrected chi connectivity index (χ0v) is 21.9. The van der Waals surface area contributed by atoms with E-state index in [4.69, 9.17) is 4.74 Å². The third-order valence-corrected chi connectivity index (χ3v) is 6.84. The Morgan fingerprint density at radius 1 is 1.11 bits per heavy atom. The highest BCUT2D eigenvalue weighted by Gasteiger charge is 2.18. The first-order valence-corrected chi connectivity index (χ1v) is 12.9. The lowest BCUT2D eigenvalue weighted by Crippen LogP contribution is -2.24. The maximum absolute atomic E-state index is 12.7. The third-order valence-electron chi connectivity index (χ3n) is 4.63. The number of methoxy groups -OCH3 is 1. The van der Waals surface area contributed by atoms with Crippen LogP contribution in [0.2, 0.25) is 0 Å². The molecule has 0 saturated heterocycles. The normalized spacial score (nSPS) is 10.7. The van der Waals surface area contributed by atoms with Gasteiger partial charge in [0, 0.05) is 15.7 Å². The Hall–Kier alpha value is -3.29. The Morgan fingerprint density at radius 2 is 1.91 bits per heavy atom. The van der Waals surface area contributed by atoms with Gasteiger partial charge in [0.15, 0.2) is 11.0 Å². The maximum Gasteiger partial charge on any atom is 0.251 e. The minimum absolute atomic E-state index is 0.101. The number of benzene rings is 2. The lowest BCUT2D eigenvalue weighted by atomic mass is 10.2. The van der Waals surface area contributed by atoms with Crippen molar-refractivity contribution in [2.45, 2.75) is 18.6 Å². The van der Waals surface area contributed by atoms with Gasteiger partial charge in [-0.3, -0.25) is 19.5 Å². The van der Waals surface area contributed by atoms with Crippen LogP contribution < -0.4 is 15.4 Å². The van der Waals surface area contributed by atoms with Crippen LogP contribution in [0, 0.1) is 6.92 Å². The van der Waals surface area contributed by atoms with Gasteiger partial charge in [0.2, 0.25) is 11.0 Å².